The van der Waals surface area contributed by atoms with E-state index in [0.717, 1.165) is 37.2 Å². The molecule has 10 aromatic rings. The number of amides is 2. The molecule has 2 aromatic carbocycles. The smallest absolute Gasteiger partial charge is 0.387 e. The van der Waals surface area contributed by atoms with Gasteiger partial charge in [-0.3, -0.25) is 28.4 Å². The van der Waals surface area contributed by atoms with Crippen molar-refractivity contribution in [2.45, 2.75) is 46.5 Å². The Morgan fingerprint density at radius 1 is 0.637 bits per heavy atom. The summed E-state index contributed by atoms with van der Waals surface area (Å²) < 4.78 is 83.2. The van der Waals surface area contributed by atoms with E-state index in [0.29, 0.717) is 22.8 Å². The predicted molar refractivity (Wildman–Crippen MR) is 278 cm³/mol. The van der Waals surface area contributed by atoms with Crippen LogP contribution < -0.4 is 29.6 Å². The molecule has 0 saturated carbocycles. The van der Waals surface area contributed by atoms with Gasteiger partial charge in [-0.05, 0) is 86.9 Å². The summed E-state index contributed by atoms with van der Waals surface area (Å²) in [7, 11) is 5.40. The zero-order chi connectivity index (χ0) is 56.2. The number of alkyl halides is 4. The van der Waals surface area contributed by atoms with E-state index >= 15 is 0 Å². The second-order valence-corrected chi connectivity index (χ2v) is 18.8. The van der Waals surface area contributed by atoms with Crippen molar-refractivity contribution < 1.29 is 50.9 Å². The summed E-state index contributed by atoms with van der Waals surface area (Å²) in [5, 5.41) is 31.0. The van der Waals surface area contributed by atoms with Crippen molar-refractivity contribution in [3.8, 4) is 57.0 Å². The minimum atomic E-state index is -3.11. The number of nitrogens with one attached hydrogen (secondary N) is 2. The van der Waals surface area contributed by atoms with E-state index < -0.39 is 25.0 Å². The number of rotatable bonds is 16. The summed E-state index contributed by atoms with van der Waals surface area (Å²) in [5.41, 5.74) is 2.50. The van der Waals surface area contributed by atoms with Crippen LogP contribution in [0, 0.1) is 5.41 Å². The fourth-order valence-electron chi connectivity index (χ4n) is 8.82. The van der Waals surface area contributed by atoms with Gasteiger partial charge in [0.05, 0.1) is 59.7 Å². The van der Waals surface area contributed by atoms with Gasteiger partial charge >= 0.3 is 13.2 Å². The third-order valence-electron chi connectivity index (χ3n) is 12.7. The highest BCUT2D eigenvalue weighted by atomic mass is 19.3. The van der Waals surface area contributed by atoms with Crippen LogP contribution in [0.4, 0.5) is 28.9 Å². The van der Waals surface area contributed by atoms with Gasteiger partial charge in [0.2, 0.25) is 5.91 Å². The zero-order valence-electron chi connectivity index (χ0n) is 43.3. The van der Waals surface area contributed by atoms with Crippen molar-refractivity contribution in [3.63, 3.8) is 0 Å². The molecule has 1 fully saturated rings. The summed E-state index contributed by atoms with van der Waals surface area (Å²) in [6.07, 6.45) is 20.6. The van der Waals surface area contributed by atoms with E-state index in [-0.39, 0.29) is 79.3 Å². The third-order valence-corrected chi connectivity index (χ3v) is 12.7. The lowest BCUT2D eigenvalue weighted by molar-refractivity contribution is -0.0501. The van der Waals surface area contributed by atoms with Crippen molar-refractivity contribution in [2.75, 3.05) is 30.8 Å². The molecule has 0 bridgehead atoms. The van der Waals surface area contributed by atoms with Crippen LogP contribution in [0.25, 0.3) is 33.8 Å². The number of fused-ring (bicyclic) bond motifs is 2. The maximum atomic E-state index is 13.4. The van der Waals surface area contributed by atoms with Crippen LogP contribution in [0.5, 0.6) is 34.5 Å². The van der Waals surface area contributed by atoms with Crippen LogP contribution in [0.15, 0.2) is 123 Å². The highest BCUT2D eigenvalue weighted by molar-refractivity contribution is 6.10. The number of aromatic nitrogens is 14. The maximum Gasteiger partial charge on any atom is 0.387 e. The molecule has 1 saturated heterocycles. The van der Waals surface area contributed by atoms with Crippen LogP contribution in [0.1, 0.15) is 52.2 Å². The van der Waals surface area contributed by atoms with Gasteiger partial charge in [-0.2, -0.15) is 48.2 Å². The number of hydrogen-bond donors (Lipinski definition) is 2. The molecule has 28 heteroatoms. The number of anilines is 2. The number of benzene rings is 2. The minimum absolute atomic E-state index is 0.125. The quantitative estimate of drug-likeness (QED) is 0.0863. The molecule has 80 heavy (non-hydrogen) atoms. The number of carbonyl (C=O) groups is 3. The average molecular weight is 1100 g/mol. The van der Waals surface area contributed by atoms with Crippen molar-refractivity contribution in [3.05, 3.63) is 134 Å². The molecule has 9 heterocycles. The summed E-state index contributed by atoms with van der Waals surface area (Å²) in [6, 6.07) is 12.0. The SMILES string of the molecule is CC(=O)n1cc(Oc2ccc(OC(F)F)c(-c3nn(C)cc3NC(=O)c3cnn4cccnc34)c2)cn1.CN1CCC(C)(Cn2cc(Oc3ccc(OC(F)F)c(-c4nn(C)cc4NC(=O)c4cnn5cccnc45)c3)cn2)CC1. The predicted octanol–water partition coefficient (Wildman–Crippen LogP) is 8.34. The fourth-order valence-corrected chi connectivity index (χ4v) is 8.82. The molecule has 24 nitrogen and oxygen atoms in total. The largest absolute Gasteiger partial charge is 0.454 e. The maximum absolute atomic E-state index is 13.4. The number of piperidine rings is 1. The molecule has 0 unspecified atom stereocenters. The molecule has 1 aliphatic heterocycles. The Bertz CT molecular complexity index is 3870. The summed E-state index contributed by atoms with van der Waals surface area (Å²) in [6.45, 7) is 0.279. The lowest BCUT2D eigenvalue weighted by Crippen LogP contribution is -2.38. The van der Waals surface area contributed by atoms with Crippen molar-refractivity contribution in [1.29, 1.82) is 0 Å². The van der Waals surface area contributed by atoms with Crippen molar-refractivity contribution in [1.82, 2.24) is 73.2 Å². The van der Waals surface area contributed by atoms with Gasteiger partial charge in [0.1, 0.15) is 45.5 Å². The highest BCUT2D eigenvalue weighted by Crippen LogP contribution is 2.41. The Labute approximate surface area is 451 Å². The zero-order valence-corrected chi connectivity index (χ0v) is 43.3. The van der Waals surface area contributed by atoms with Crippen LogP contribution in [-0.4, -0.2) is 124 Å². The van der Waals surface area contributed by atoms with Gasteiger partial charge in [0, 0.05) is 64.7 Å². The van der Waals surface area contributed by atoms with Gasteiger partial charge in [-0.15, -0.1) is 0 Å². The van der Waals surface area contributed by atoms with Crippen LogP contribution >= 0.6 is 0 Å². The standard InChI is InChI=1S/C29H31F2N9O3.C23H18F2N8O4/c1-29(7-11-37(2)12-8-29)18-39-16-20(14-33-39)42-19-5-6-24(43-28(30)31)21(13-19)25-23(17-38(3)36-25)35-27(41)22-15-34-40-10-4-9-32-26(22)40;1-13(34)33-11-15(9-27-33)36-14-4-5-19(37-23(24)25)16(8-14)20-18(12-31(2)30-20)29-22(35)17-10-28-32-7-3-6-26-21(17)32/h4-6,9-10,13-17,28H,7-8,11-12,18H2,1-3H3,(H,35,41);3-12,23H,1-2H3,(H,29,35). The molecule has 2 amide bonds. The van der Waals surface area contributed by atoms with E-state index in [1.807, 2.05) is 10.9 Å². The first kappa shape index (κ1) is 53.4. The second-order valence-electron chi connectivity index (χ2n) is 18.8. The van der Waals surface area contributed by atoms with Crippen LogP contribution in [0.2, 0.25) is 0 Å². The van der Waals surface area contributed by atoms with E-state index in [1.54, 1.807) is 63.3 Å². The second kappa shape index (κ2) is 22.5. The Balaban J connectivity index is 0.000000182. The fraction of sp³-hybridized carbons (Fsp3) is 0.250. The first-order chi connectivity index (χ1) is 38.4. The number of nitrogens with zero attached hydrogens (tertiary/aromatic N) is 15. The molecule has 2 N–H and O–H groups in total. The summed E-state index contributed by atoms with van der Waals surface area (Å²) in [4.78, 5) is 48.5. The number of aryl methyl sites for hydroxylation is 2. The number of carbonyl (C=O) groups excluding carboxylic acids is 3. The molecule has 1 aliphatic rings. The Hall–Kier alpha value is -9.99. The van der Waals surface area contributed by atoms with E-state index in [4.69, 9.17) is 18.9 Å². The van der Waals surface area contributed by atoms with Gasteiger partial charge < -0.3 is 34.5 Å². The Morgan fingerprint density at radius 2 is 1.12 bits per heavy atom. The first-order valence-electron chi connectivity index (χ1n) is 24.5. The number of likely N-dealkylation sites (tertiary alicyclic amines) is 1. The van der Waals surface area contributed by atoms with Crippen molar-refractivity contribution in [2.24, 2.45) is 19.5 Å². The van der Waals surface area contributed by atoms with Gasteiger partial charge in [0.25, 0.3) is 11.8 Å². The third kappa shape index (κ3) is 12.1. The van der Waals surface area contributed by atoms with Gasteiger partial charge in [-0.25, -0.2) is 23.7 Å². The lowest BCUT2D eigenvalue weighted by Gasteiger charge is -2.37. The Kier molecular flexibility index (Phi) is 15.0. The summed E-state index contributed by atoms with van der Waals surface area (Å²) in [5.74, 6) is -0.300. The highest BCUT2D eigenvalue weighted by Gasteiger charge is 2.30. The topological polar surface area (TPSA) is 247 Å². The average Bonchev–Trinajstić information content (AvgIpc) is 4.31. The number of ether oxygens (including phenoxy) is 4. The van der Waals surface area contributed by atoms with Crippen LogP contribution in [-0.2, 0) is 20.6 Å². The van der Waals surface area contributed by atoms with Gasteiger partial charge in [-0.1, -0.05) is 6.92 Å². The molecule has 0 aliphatic carbocycles. The monoisotopic (exact) mass is 1100 g/mol. The molecule has 0 atom stereocenters. The molecule has 412 valence electrons. The van der Waals surface area contributed by atoms with Gasteiger partial charge in [0.15, 0.2) is 22.8 Å². The molecule has 0 spiro atoms. The molecular weight excluding hydrogens is 1050 g/mol. The van der Waals surface area contributed by atoms with E-state index in [1.165, 1.54) is 92.8 Å². The Morgan fingerprint density at radius 3 is 1.60 bits per heavy atom. The molecule has 11 rings (SSSR count). The van der Waals surface area contributed by atoms with E-state index in [2.05, 4.69) is 70.1 Å². The lowest BCUT2D eigenvalue weighted by atomic mass is 9.80. The van der Waals surface area contributed by atoms with Crippen LogP contribution in [0.3, 0.4) is 0 Å². The summed E-state index contributed by atoms with van der Waals surface area (Å²) >= 11 is 0. The van der Waals surface area contributed by atoms with E-state index in [9.17, 15) is 31.9 Å². The minimum Gasteiger partial charge on any atom is -0.454 e. The molecule has 0 radical (unpaired) electrons. The number of halogens is 4. The molecule has 8 aromatic heterocycles. The number of hydrogen-bond acceptors (Lipinski definition) is 16. The molecular formula is C52H49F4N17O7. The first-order valence-corrected chi connectivity index (χ1v) is 24.5. The van der Waals surface area contributed by atoms with Crippen molar-refractivity contribution >= 4 is 40.4 Å². The normalized spacial score (nSPS) is 13.3.